The first-order valence-corrected chi connectivity index (χ1v) is 8.85. The van der Waals surface area contributed by atoms with Crippen molar-refractivity contribution in [1.82, 2.24) is 10.2 Å². The summed E-state index contributed by atoms with van der Waals surface area (Å²) in [6, 6.07) is 9.01. The van der Waals surface area contributed by atoms with E-state index in [0.29, 0.717) is 6.04 Å². The molecule has 0 radical (unpaired) electrons. The van der Waals surface area contributed by atoms with Gasteiger partial charge in [-0.25, -0.2) is 0 Å². The maximum atomic E-state index is 6.06. The molecule has 2 aliphatic rings. The molecule has 5 heteroatoms. The molecule has 0 spiro atoms. The van der Waals surface area contributed by atoms with Crippen LogP contribution in [-0.4, -0.2) is 43.7 Å². The first-order valence-electron chi connectivity index (χ1n) is 8.06. The highest BCUT2D eigenvalue weighted by Crippen LogP contribution is 2.30. The van der Waals surface area contributed by atoms with E-state index in [-0.39, 0.29) is 18.5 Å². The van der Waals surface area contributed by atoms with Crippen molar-refractivity contribution in [2.24, 2.45) is 5.92 Å². The molecule has 2 heterocycles. The average molecular weight is 390 g/mol. The Morgan fingerprint density at radius 3 is 2.77 bits per heavy atom. The van der Waals surface area contributed by atoms with Gasteiger partial charge in [-0.15, -0.1) is 12.4 Å². The minimum Gasteiger partial charge on any atom is -0.371 e. The number of nitrogens with one attached hydrogen (secondary N) is 1. The second kappa shape index (κ2) is 8.65. The van der Waals surface area contributed by atoms with E-state index in [0.717, 1.165) is 23.5 Å². The lowest BCUT2D eigenvalue weighted by Crippen LogP contribution is -2.49. The van der Waals surface area contributed by atoms with Gasteiger partial charge in [0.1, 0.15) is 0 Å². The minimum absolute atomic E-state index is 0. The number of rotatable bonds is 3. The van der Waals surface area contributed by atoms with Crippen molar-refractivity contribution in [1.29, 1.82) is 0 Å². The molecule has 1 aromatic rings. The van der Waals surface area contributed by atoms with Crippen LogP contribution in [0.3, 0.4) is 0 Å². The summed E-state index contributed by atoms with van der Waals surface area (Å²) in [6.45, 7) is 7.77. The molecule has 0 bridgehead atoms. The van der Waals surface area contributed by atoms with Crippen LogP contribution in [0.2, 0.25) is 0 Å². The highest BCUT2D eigenvalue weighted by molar-refractivity contribution is 9.10. The Kier molecular flexibility index (Phi) is 7.16. The van der Waals surface area contributed by atoms with Gasteiger partial charge in [0.25, 0.3) is 0 Å². The molecule has 0 amide bonds. The number of hydrogen-bond acceptors (Lipinski definition) is 3. The Hall–Kier alpha value is -0.130. The van der Waals surface area contributed by atoms with E-state index in [2.05, 4.69) is 57.3 Å². The van der Waals surface area contributed by atoms with Gasteiger partial charge in [-0.2, -0.15) is 0 Å². The second-order valence-corrected chi connectivity index (χ2v) is 7.21. The Bertz CT molecular complexity index is 450. The third-order valence-electron chi connectivity index (χ3n) is 4.78. The van der Waals surface area contributed by atoms with Crippen molar-refractivity contribution in [3.63, 3.8) is 0 Å². The van der Waals surface area contributed by atoms with E-state index in [1.165, 1.54) is 38.0 Å². The van der Waals surface area contributed by atoms with Crippen LogP contribution in [0.15, 0.2) is 28.7 Å². The van der Waals surface area contributed by atoms with E-state index in [1.807, 2.05) is 0 Å². The van der Waals surface area contributed by atoms with Gasteiger partial charge in [0.2, 0.25) is 0 Å². The maximum Gasteiger partial charge on any atom is 0.0977 e. The summed E-state index contributed by atoms with van der Waals surface area (Å²) in [5, 5.41) is 3.53. The lowest BCUT2D eigenvalue weighted by molar-refractivity contribution is -0.0721. The number of benzene rings is 1. The van der Waals surface area contributed by atoms with Gasteiger partial charge in [0.05, 0.1) is 12.7 Å². The second-order valence-electron chi connectivity index (χ2n) is 6.29. The zero-order chi connectivity index (χ0) is 14.7. The standard InChI is InChI=1S/C17H25BrN2O.ClH/c1-13-17(15-4-6-16(18)7-5-15)21-10-9-20(13)12-14-3-2-8-19-11-14;/h4-7,13-14,17,19H,2-3,8-12H2,1H3;1H. The van der Waals surface area contributed by atoms with Crippen LogP contribution in [0.5, 0.6) is 0 Å². The molecule has 1 aromatic carbocycles. The summed E-state index contributed by atoms with van der Waals surface area (Å²) in [6.07, 6.45) is 2.88. The van der Waals surface area contributed by atoms with Crippen LogP contribution >= 0.6 is 28.3 Å². The summed E-state index contributed by atoms with van der Waals surface area (Å²) < 4.78 is 7.19. The Labute approximate surface area is 148 Å². The molecule has 0 saturated carbocycles. The molecule has 3 unspecified atom stereocenters. The third-order valence-corrected chi connectivity index (χ3v) is 5.31. The van der Waals surface area contributed by atoms with E-state index < -0.39 is 0 Å². The number of morpholine rings is 1. The molecule has 0 aliphatic carbocycles. The fourth-order valence-electron chi connectivity index (χ4n) is 3.53. The molecule has 22 heavy (non-hydrogen) atoms. The van der Waals surface area contributed by atoms with E-state index in [4.69, 9.17) is 4.74 Å². The van der Waals surface area contributed by atoms with Crippen LogP contribution in [-0.2, 0) is 4.74 Å². The van der Waals surface area contributed by atoms with Gasteiger partial charge >= 0.3 is 0 Å². The Morgan fingerprint density at radius 1 is 1.32 bits per heavy atom. The lowest BCUT2D eigenvalue weighted by Gasteiger charge is -2.41. The summed E-state index contributed by atoms with van der Waals surface area (Å²) in [7, 11) is 0. The number of piperidine rings is 1. The van der Waals surface area contributed by atoms with Crippen molar-refractivity contribution in [3.8, 4) is 0 Å². The number of halogens is 2. The molecule has 124 valence electrons. The van der Waals surface area contributed by atoms with Crippen LogP contribution in [0, 0.1) is 5.92 Å². The van der Waals surface area contributed by atoms with Gasteiger partial charge in [0, 0.05) is 23.6 Å². The van der Waals surface area contributed by atoms with Crippen LogP contribution in [0.4, 0.5) is 0 Å². The monoisotopic (exact) mass is 388 g/mol. The highest BCUT2D eigenvalue weighted by atomic mass is 79.9. The van der Waals surface area contributed by atoms with Crippen molar-refractivity contribution < 1.29 is 4.74 Å². The maximum absolute atomic E-state index is 6.06. The minimum atomic E-state index is 0. The van der Waals surface area contributed by atoms with E-state index >= 15 is 0 Å². The Morgan fingerprint density at radius 2 is 2.09 bits per heavy atom. The number of hydrogen-bond donors (Lipinski definition) is 1. The molecular weight excluding hydrogens is 364 g/mol. The molecule has 2 aliphatic heterocycles. The van der Waals surface area contributed by atoms with Crippen LogP contribution in [0.25, 0.3) is 0 Å². The van der Waals surface area contributed by atoms with Crippen molar-refractivity contribution in [2.75, 3.05) is 32.8 Å². The predicted molar refractivity (Wildman–Crippen MR) is 96.7 cm³/mol. The van der Waals surface area contributed by atoms with Crippen molar-refractivity contribution >= 4 is 28.3 Å². The zero-order valence-corrected chi connectivity index (χ0v) is 15.5. The Balaban J connectivity index is 0.00000176. The molecular formula is C17H26BrClN2O. The van der Waals surface area contributed by atoms with Gasteiger partial charge in [-0.05, 0) is 56.5 Å². The fraction of sp³-hybridized carbons (Fsp3) is 0.647. The average Bonchev–Trinajstić information content (AvgIpc) is 2.52. The van der Waals surface area contributed by atoms with E-state index in [9.17, 15) is 0 Å². The summed E-state index contributed by atoms with van der Waals surface area (Å²) in [5.41, 5.74) is 1.29. The summed E-state index contributed by atoms with van der Waals surface area (Å²) in [4.78, 5) is 2.62. The smallest absolute Gasteiger partial charge is 0.0977 e. The first-order chi connectivity index (χ1) is 10.2. The quantitative estimate of drug-likeness (QED) is 0.854. The lowest BCUT2D eigenvalue weighted by atomic mass is 9.95. The van der Waals surface area contributed by atoms with E-state index in [1.54, 1.807) is 0 Å². The van der Waals surface area contributed by atoms with Crippen LogP contribution < -0.4 is 5.32 Å². The molecule has 0 aromatic heterocycles. The zero-order valence-electron chi connectivity index (χ0n) is 13.1. The molecule has 3 rings (SSSR count). The molecule has 1 N–H and O–H groups in total. The normalized spacial score (nSPS) is 29.8. The van der Waals surface area contributed by atoms with Crippen molar-refractivity contribution in [3.05, 3.63) is 34.3 Å². The third kappa shape index (κ3) is 4.45. The topological polar surface area (TPSA) is 24.5 Å². The molecule has 2 saturated heterocycles. The first kappa shape index (κ1) is 18.2. The number of nitrogens with zero attached hydrogens (tertiary/aromatic N) is 1. The fourth-order valence-corrected chi connectivity index (χ4v) is 3.79. The highest BCUT2D eigenvalue weighted by Gasteiger charge is 2.31. The summed E-state index contributed by atoms with van der Waals surface area (Å²) >= 11 is 3.50. The largest absolute Gasteiger partial charge is 0.371 e. The van der Waals surface area contributed by atoms with Crippen LogP contribution in [0.1, 0.15) is 31.4 Å². The van der Waals surface area contributed by atoms with Gasteiger partial charge in [-0.3, -0.25) is 4.90 Å². The van der Waals surface area contributed by atoms with Gasteiger partial charge in [-0.1, -0.05) is 28.1 Å². The molecule has 2 fully saturated rings. The number of ether oxygens (including phenoxy) is 1. The summed E-state index contributed by atoms with van der Waals surface area (Å²) in [5.74, 6) is 0.796. The SMILES string of the molecule is CC1C(c2ccc(Br)cc2)OCCN1CC1CCCNC1.Cl. The van der Waals surface area contributed by atoms with Gasteiger partial charge < -0.3 is 10.1 Å². The van der Waals surface area contributed by atoms with Crippen molar-refractivity contribution in [2.45, 2.75) is 31.9 Å². The molecule has 3 atom stereocenters. The predicted octanol–water partition coefficient (Wildman–Crippen LogP) is 3.63. The van der Waals surface area contributed by atoms with Gasteiger partial charge in [0.15, 0.2) is 0 Å². The molecule has 3 nitrogen and oxygen atoms in total.